The van der Waals surface area contributed by atoms with Crippen LogP contribution in [0.1, 0.15) is 56.3 Å². The van der Waals surface area contributed by atoms with Gasteiger partial charge in [-0.3, -0.25) is 14.5 Å². The number of ether oxygens (including phenoxy) is 2. The molecule has 1 aromatic rings. The van der Waals surface area contributed by atoms with Gasteiger partial charge in [0.2, 0.25) is 5.91 Å². The normalized spacial score (nSPS) is 18.5. The molecule has 2 aliphatic rings. The van der Waals surface area contributed by atoms with Crippen LogP contribution in [0.2, 0.25) is 0 Å². The van der Waals surface area contributed by atoms with Gasteiger partial charge in [-0.1, -0.05) is 6.42 Å². The van der Waals surface area contributed by atoms with Crippen LogP contribution in [-0.4, -0.2) is 74.1 Å². The van der Waals surface area contributed by atoms with Crippen molar-refractivity contribution < 1.29 is 19.1 Å². The van der Waals surface area contributed by atoms with E-state index in [1.165, 1.54) is 19.3 Å². The molecule has 2 heterocycles. The Morgan fingerprint density at radius 1 is 0.968 bits per heavy atom. The van der Waals surface area contributed by atoms with Gasteiger partial charge in [-0.05, 0) is 64.8 Å². The Morgan fingerprint density at radius 3 is 2.10 bits per heavy atom. The van der Waals surface area contributed by atoms with Gasteiger partial charge in [-0.2, -0.15) is 0 Å². The number of nitrogens with zero attached hydrogens (tertiary/aromatic N) is 2. The molecule has 31 heavy (non-hydrogen) atoms. The van der Waals surface area contributed by atoms with E-state index in [9.17, 15) is 9.59 Å². The second-order valence-corrected chi connectivity index (χ2v) is 9.25. The number of rotatable bonds is 7. The first-order valence-electron chi connectivity index (χ1n) is 11.4. The number of benzene rings is 1. The van der Waals surface area contributed by atoms with E-state index in [1.807, 2.05) is 4.90 Å². The Morgan fingerprint density at radius 2 is 1.55 bits per heavy atom. The first kappa shape index (κ1) is 23.4. The maximum Gasteiger partial charge on any atom is 0.254 e. The molecule has 0 spiro atoms. The Hall–Kier alpha value is -2.28. The van der Waals surface area contributed by atoms with Crippen LogP contribution in [0.15, 0.2) is 18.2 Å². The summed E-state index contributed by atoms with van der Waals surface area (Å²) in [6.45, 7) is 8.45. The fraction of sp³-hybridized carbons (Fsp3) is 0.667. The van der Waals surface area contributed by atoms with Crippen LogP contribution in [-0.2, 0) is 4.79 Å². The SMILES string of the molecule is COc1cc(OC)cc(C(=O)N2CCC(C(=O)NCC(C)(C)N3CCCCC3)CC2)c1. The third-order valence-electron chi connectivity index (χ3n) is 6.66. The van der Waals surface area contributed by atoms with Crippen LogP contribution in [0.25, 0.3) is 0 Å². The van der Waals surface area contributed by atoms with Gasteiger partial charge in [-0.15, -0.1) is 0 Å². The fourth-order valence-corrected chi connectivity index (χ4v) is 4.52. The predicted molar refractivity (Wildman–Crippen MR) is 121 cm³/mol. The second kappa shape index (κ2) is 10.4. The fourth-order valence-electron chi connectivity index (χ4n) is 4.52. The highest BCUT2D eigenvalue weighted by atomic mass is 16.5. The minimum atomic E-state index is -0.0534. The van der Waals surface area contributed by atoms with Gasteiger partial charge in [0.15, 0.2) is 0 Å². The molecule has 0 aliphatic carbocycles. The molecule has 0 bridgehead atoms. The van der Waals surface area contributed by atoms with Gasteiger partial charge in [0.05, 0.1) is 14.2 Å². The topological polar surface area (TPSA) is 71.1 Å². The number of methoxy groups -OCH3 is 2. The predicted octanol–water partition coefficient (Wildman–Crippen LogP) is 2.94. The van der Waals surface area contributed by atoms with Crippen LogP contribution >= 0.6 is 0 Å². The lowest BCUT2D eigenvalue weighted by Crippen LogP contribution is -2.54. The first-order chi connectivity index (χ1) is 14.8. The summed E-state index contributed by atoms with van der Waals surface area (Å²) in [7, 11) is 3.14. The van der Waals surface area contributed by atoms with Gasteiger partial charge in [0.1, 0.15) is 11.5 Å². The molecule has 0 saturated carbocycles. The van der Waals surface area contributed by atoms with Crippen molar-refractivity contribution in [2.75, 3.05) is 46.9 Å². The lowest BCUT2D eigenvalue weighted by atomic mass is 9.94. The van der Waals surface area contributed by atoms with Crippen LogP contribution < -0.4 is 14.8 Å². The Bertz CT molecular complexity index is 744. The number of nitrogens with one attached hydrogen (secondary N) is 1. The van der Waals surface area contributed by atoms with E-state index in [0.29, 0.717) is 49.5 Å². The smallest absolute Gasteiger partial charge is 0.254 e. The minimum absolute atomic E-state index is 0.0296. The van der Waals surface area contributed by atoms with Gasteiger partial charge in [0, 0.05) is 42.7 Å². The zero-order valence-corrected chi connectivity index (χ0v) is 19.4. The van der Waals surface area contributed by atoms with Crippen molar-refractivity contribution in [2.24, 2.45) is 5.92 Å². The van der Waals surface area contributed by atoms with E-state index in [-0.39, 0.29) is 23.3 Å². The molecule has 0 unspecified atom stereocenters. The standard InChI is InChI=1S/C24H37N3O4/c1-24(2,27-10-6-5-7-11-27)17-25-22(28)18-8-12-26(13-9-18)23(29)19-14-20(30-3)16-21(15-19)31-4/h14-16,18H,5-13,17H2,1-4H3,(H,25,28). The average molecular weight is 432 g/mol. The maximum absolute atomic E-state index is 13.0. The summed E-state index contributed by atoms with van der Waals surface area (Å²) >= 11 is 0. The van der Waals surface area contributed by atoms with E-state index in [0.717, 1.165) is 13.1 Å². The molecule has 1 N–H and O–H groups in total. The van der Waals surface area contributed by atoms with Gasteiger partial charge >= 0.3 is 0 Å². The minimum Gasteiger partial charge on any atom is -0.497 e. The monoisotopic (exact) mass is 431 g/mol. The van der Waals surface area contributed by atoms with Crippen molar-refractivity contribution >= 4 is 11.8 Å². The molecule has 2 aliphatic heterocycles. The van der Waals surface area contributed by atoms with Crippen LogP contribution in [0.4, 0.5) is 0 Å². The van der Waals surface area contributed by atoms with Crippen LogP contribution in [0.3, 0.4) is 0 Å². The summed E-state index contributed by atoms with van der Waals surface area (Å²) in [5.74, 6) is 1.20. The number of piperidine rings is 2. The Balaban J connectivity index is 1.51. The molecule has 2 saturated heterocycles. The molecule has 7 nitrogen and oxygen atoms in total. The molecule has 0 radical (unpaired) electrons. The molecule has 3 rings (SSSR count). The van der Waals surface area contributed by atoms with Crippen molar-refractivity contribution in [1.29, 1.82) is 0 Å². The molecule has 1 aromatic carbocycles. The summed E-state index contributed by atoms with van der Waals surface area (Å²) in [4.78, 5) is 30.0. The summed E-state index contributed by atoms with van der Waals surface area (Å²) in [6, 6.07) is 5.21. The van der Waals surface area contributed by atoms with Crippen molar-refractivity contribution in [3.8, 4) is 11.5 Å². The lowest BCUT2D eigenvalue weighted by Gasteiger charge is -2.41. The lowest BCUT2D eigenvalue weighted by molar-refractivity contribution is -0.126. The van der Waals surface area contributed by atoms with Crippen LogP contribution in [0, 0.1) is 5.92 Å². The highest BCUT2D eigenvalue weighted by Crippen LogP contribution is 2.26. The summed E-state index contributed by atoms with van der Waals surface area (Å²) in [5.41, 5.74) is 0.514. The molecule has 172 valence electrons. The Labute approximate surface area is 186 Å². The van der Waals surface area contributed by atoms with Crippen molar-refractivity contribution in [2.45, 2.75) is 51.5 Å². The van der Waals surface area contributed by atoms with E-state index in [4.69, 9.17) is 9.47 Å². The van der Waals surface area contributed by atoms with E-state index in [1.54, 1.807) is 32.4 Å². The van der Waals surface area contributed by atoms with Crippen LogP contribution in [0.5, 0.6) is 11.5 Å². The van der Waals surface area contributed by atoms with E-state index >= 15 is 0 Å². The third-order valence-corrected chi connectivity index (χ3v) is 6.66. The highest BCUT2D eigenvalue weighted by Gasteiger charge is 2.31. The highest BCUT2D eigenvalue weighted by molar-refractivity contribution is 5.95. The molecular weight excluding hydrogens is 394 g/mol. The Kier molecular flexibility index (Phi) is 7.81. The number of hydrogen-bond acceptors (Lipinski definition) is 5. The molecule has 0 aromatic heterocycles. The number of carbonyl (C=O) groups excluding carboxylic acids is 2. The van der Waals surface area contributed by atoms with E-state index in [2.05, 4.69) is 24.1 Å². The average Bonchev–Trinajstić information content (AvgIpc) is 2.82. The first-order valence-corrected chi connectivity index (χ1v) is 11.4. The summed E-state index contributed by atoms with van der Waals surface area (Å²) in [6.07, 6.45) is 5.15. The van der Waals surface area contributed by atoms with Crippen molar-refractivity contribution in [3.05, 3.63) is 23.8 Å². The zero-order valence-electron chi connectivity index (χ0n) is 19.4. The second-order valence-electron chi connectivity index (χ2n) is 9.25. The molecule has 7 heteroatoms. The van der Waals surface area contributed by atoms with Gasteiger partial charge in [0.25, 0.3) is 5.91 Å². The number of carbonyl (C=O) groups is 2. The maximum atomic E-state index is 13.0. The molecule has 2 amide bonds. The molecule has 2 fully saturated rings. The van der Waals surface area contributed by atoms with Crippen molar-refractivity contribution in [3.63, 3.8) is 0 Å². The molecule has 0 atom stereocenters. The number of likely N-dealkylation sites (tertiary alicyclic amines) is 2. The van der Waals surface area contributed by atoms with E-state index < -0.39 is 0 Å². The quantitative estimate of drug-likeness (QED) is 0.719. The largest absolute Gasteiger partial charge is 0.497 e. The van der Waals surface area contributed by atoms with Gasteiger partial charge < -0.3 is 19.7 Å². The van der Waals surface area contributed by atoms with Gasteiger partial charge in [-0.25, -0.2) is 0 Å². The summed E-state index contributed by atoms with van der Waals surface area (Å²) < 4.78 is 10.5. The summed E-state index contributed by atoms with van der Waals surface area (Å²) in [5, 5.41) is 3.18. The van der Waals surface area contributed by atoms with Crippen molar-refractivity contribution in [1.82, 2.24) is 15.1 Å². The number of hydrogen-bond donors (Lipinski definition) is 1. The third kappa shape index (κ3) is 5.91. The number of amides is 2. The zero-order chi connectivity index (χ0) is 22.4. The molecular formula is C24H37N3O4.